The highest BCUT2D eigenvalue weighted by molar-refractivity contribution is 7.09. The van der Waals surface area contributed by atoms with Gasteiger partial charge in [0.1, 0.15) is 12.4 Å². The maximum Gasteiger partial charge on any atom is 0.362 e. The summed E-state index contributed by atoms with van der Waals surface area (Å²) in [5, 5.41) is 0. The first-order valence-corrected chi connectivity index (χ1v) is 36.7. The third-order valence-corrected chi connectivity index (χ3v) is 23.6. The predicted octanol–water partition coefficient (Wildman–Crippen LogP) is 13.4. The van der Waals surface area contributed by atoms with E-state index in [-0.39, 0.29) is 13.4 Å². The summed E-state index contributed by atoms with van der Waals surface area (Å²) >= 11 is 0. The molecule has 100 heavy (non-hydrogen) atoms. The number of hydrogen-bond acceptors (Lipinski definition) is 0. The highest BCUT2D eigenvalue weighted by atomic mass is 15.0. The maximum absolute atomic E-state index is 2.74. The van der Waals surface area contributed by atoms with Crippen LogP contribution in [0.3, 0.4) is 0 Å². The summed E-state index contributed by atoms with van der Waals surface area (Å²) in [5.41, 5.74) is 54.4. The van der Waals surface area contributed by atoms with Gasteiger partial charge >= 0.3 is 12.6 Å². The molecule has 0 saturated heterocycles. The molecule has 0 radical (unpaired) electrons. The van der Waals surface area contributed by atoms with Gasteiger partial charge in [-0.2, -0.15) is 0 Å². The summed E-state index contributed by atoms with van der Waals surface area (Å²) in [6, 6.07) is 66.4. The molecule has 0 amide bonds. The van der Waals surface area contributed by atoms with Gasteiger partial charge in [-0.25, -0.2) is 0 Å². The Morgan fingerprint density at radius 2 is 0.410 bits per heavy atom. The fourth-order valence-electron chi connectivity index (χ4n) is 21.4. The lowest BCUT2D eigenvalue weighted by molar-refractivity contribution is -0.523. The van der Waals surface area contributed by atoms with Crippen LogP contribution < -0.4 is 74.5 Å². The van der Waals surface area contributed by atoms with Gasteiger partial charge in [0.15, 0.2) is 11.4 Å². The first-order chi connectivity index (χ1) is 47.5. The normalized spacial score (nSPS) is 13.0. The van der Waals surface area contributed by atoms with Crippen LogP contribution in [0, 0.1) is 166 Å². The van der Waals surface area contributed by atoms with E-state index in [1.807, 2.05) is 0 Å². The van der Waals surface area contributed by atoms with E-state index in [0.29, 0.717) is 0 Å². The van der Waals surface area contributed by atoms with Crippen molar-refractivity contribution in [2.45, 2.75) is 166 Å². The molecule has 0 unspecified atom stereocenters. The van der Waals surface area contributed by atoms with E-state index < -0.39 is 12.6 Å². The van der Waals surface area contributed by atoms with E-state index in [0.717, 1.165) is 0 Å². The Morgan fingerprint density at radius 1 is 0.220 bits per heavy atom. The number of hydrogen-bond donors (Lipinski definition) is 0. The number of rotatable bonds is 10. The van der Waals surface area contributed by atoms with Crippen molar-refractivity contribution in [2.75, 3.05) is 0 Å². The van der Waals surface area contributed by atoms with Gasteiger partial charge < -0.3 is 8.96 Å². The fourth-order valence-corrected chi connectivity index (χ4v) is 21.4. The second-order valence-electron chi connectivity index (χ2n) is 31.7. The predicted molar refractivity (Wildman–Crippen MR) is 439 cm³/mol. The zero-order valence-electron chi connectivity index (χ0n) is 64.5. The topological polar surface area (TPSA) is 7.76 Å². The van der Waals surface area contributed by atoms with Crippen LogP contribution in [-0.2, 0) is 0 Å². The van der Waals surface area contributed by atoms with Gasteiger partial charge in [0.05, 0.1) is 0 Å². The Hall–Kier alpha value is -9.24. The minimum absolute atomic E-state index is 0.0895. The Kier molecular flexibility index (Phi) is 18.0. The lowest BCUT2D eigenvalue weighted by Gasteiger charge is -2.39. The van der Waals surface area contributed by atoms with E-state index in [1.54, 1.807) is 0 Å². The van der Waals surface area contributed by atoms with E-state index in [2.05, 4.69) is 357 Å². The highest BCUT2D eigenvalue weighted by Crippen LogP contribution is 2.31. The first kappa shape index (κ1) is 69.2. The maximum atomic E-state index is 2.74. The van der Waals surface area contributed by atoms with Gasteiger partial charge in [0, 0.05) is 23.3 Å². The van der Waals surface area contributed by atoms with Crippen molar-refractivity contribution >= 4 is 91.5 Å². The highest BCUT2D eigenvalue weighted by Gasteiger charge is 2.55. The second kappa shape index (κ2) is 26.1. The lowest BCUT2D eigenvalue weighted by atomic mass is 9.22. The summed E-state index contributed by atoms with van der Waals surface area (Å²) in [6.45, 7) is 55.2. The molecule has 4 heterocycles. The Labute approximate surface area is 601 Å². The number of fused-ring (bicyclic) bond motifs is 6. The minimum atomic E-state index is -1.60. The first-order valence-electron chi connectivity index (χ1n) is 36.7. The van der Waals surface area contributed by atoms with Crippen molar-refractivity contribution < 1.29 is 8.96 Å². The third kappa shape index (κ3) is 11.2. The molecule has 6 heteroatoms. The van der Waals surface area contributed by atoms with Crippen LogP contribution in [0.25, 0.3) is 22.5 Å². The molecule has 2 aromatic heterocycles. The van der Waals surface area contributed by atoms with Gasteiger partial charge in [0.25, 0.3) is 0 Å². The second-order valence-corrected chi connectivity index (χ2v) is 31.7. The Bertz CT molecular complexity index is 4640. The van der Waals surface area contributed by atoms with Crippen molar-refractivity contribution in [3.8, 4) is 22.5 Å². The molecule has 0 aliphatic carbocycles. The van der Waals surface area contributed by atoms with Gasteiger partial charge in [0.2, 0.25) is 13.4 Å². The molecule has 0 saturated carbocycles. The number of pyridine rings is 2. The molecular weight excluding hydrogens is 1200 g/mol. The third-order valence-electron chi connectivity index (χ3n) is 23.6. The van der Waals surface area contributed by atoms with Gasteiger partial charge in [-0.05, 0) is 177 Å². The van der Waals surface area contributed by atoms with Crippen LogP contribution in [0.4, 0.5) is 0 Å². The number of aromatic nitrogens is 2. The van der Waals surface area contributed by atoms with Crippen molar-refractivity contribution in [2.24, 2.45) is 0 Å². The van der Waals surface area contributed by atoms with Crippen LogP contribution >= 0.6 is 0 Å². The van der Waals surface area contributed by atoms with Crippen LogP contribution in [0.15, 0.2) is 182 Å². The summed E-state index contributed by atoms with van der Waals surface area (Å²) in [4.78, 5) is 0. The van der Waals surface area contributed by atoms with E-state index >= 15 is 0 Å². The zero-order chi connectivity index (χ0) is 71.6. The van der Waals surface area contributed by atoms with Crippen LogP contribution in [-0.4, -0.2) is 26.0 Å². The minimum Gasteiger partial charge on any atom is -0.409 e. The molecule has 14 rings (SSSR count). The summed E-state index contributed by atoms with van der Waals surface area (Å²) in [7, 11) is 0. The smallest absolute Gasteiger partial charge is 0.362 e. The van der Waals surface area contributed by atoms with Crippen molar-refractivity contribution in [3.63, 3.8) is 0 Å². The fraction of sp³-hybridized carbons (Fsp3) is 0.255. The summed E-state index contributed by atoms with van der Waals surface area (Å²) < 4.78 is 5.47. The van der Waals surface area contributed by atoms with Crippen molar-refractivity contribution in [1.29, 1.82) is 0 Å². The standard InChI is InChI=1S/2C47H51B2N/c2*1-28-19-32(5)44(33(6)20-28)48(45-34(7)21-29(2)22-35(45)8)40-17-18-43-41-15-13-14-16-42(41)49(50(43)27-40,46-36(9)23-30(3)24-37(46)10)47-38(11)25-31(4)26-39(47)12/h2*13-27H,1-12H3. The largest absolute Gasteiger partial charge is 0.409 e. The number of aryl methyl sites for hydroxylation is 24. The Balaban J connectivity index is 0.000000179. The lowest BCUT2D eigenvalue weighted by Crippen LogP contribution is -2.85. The molecule has 0 spiro atoms. The monoisotopic (exact) mass is 1300 g/mol. The molecule has 10 aromatic carbocycles. The van der Waals surface area contributed by atoms with E-state index in [4.69, 9.17) is 0 Å². The van der Waals surface area contributed by atoms with E-state index in [1.165, 1.54) is 222 Å². The zero-order valence-corrected chi connectivity index (χ0v) is 64.5. The Morgan fingerprint density at radius 3 is 0.620 bits per heavy atom. The van der Waals surface area contributed by atoms with Gasteiger partial charge in [-0.15, -0.1) is 32.8 Å². The van der Waals surface area contributed by atoms with Crippen LogP contribution in [0.5, 0.6) is 0 Å². The summed E-state index contributed by atoms with van der Waals surface area (Å²) in [6.07, 6.45) is 1.93. The van der Waals surface area contributed by atoms with Gasteiger partial charge in [-0.1, -0.05) is 313 Å². The van der Waals surface area contributed by atoms with E-state index in [9.17, 15) is 0 Å². The molecule has 0 N–H and O–H groups in total. The summed E-state index contributed by atoms with van der Waals surface area (Å²) in [5.74, 6) is 0. The molecule has 0 bridgehead atoms. The molecule has 2 nitrogen and oxygen atoms in total. The number of benzene rings is 10. The SMILES string of the molecule is Cc1cc(C)c(B(c2ccc3[n+](c2)[B-](c2c(C)cc(C)cc2C)(c2c(C)cc(C)cc2C)c2ccccc2-3)c2c(C)cc(C)cc2C)c(C)c1.Cc1cc(C)c(B(c2ccc3[n+](c2)[B-](c2c(C)cc(C)cc2C)(c2c(C)cc(C)cc2C)c2ccccc2-3)c2c(C)cc(C)cc2C)c(C)c1. The van der Waals surface area contributed by atoms with Crippen LogP contribution in [0.2, 0.25) is 0 Å². The molecule has 0 fully saturated rings. The number of nitrogens with zero attached hydrogens (tertiary/aromatic N) is 2. The van der Waals surface area contributed by atoms with Gasteiger partial charge in [-0.3, -0.25) is 0 Å². The van der Waals surface area contributed by atoms with Crippen molar-refractivity contribution in [1.82, 2.24) is 0 Å². The van der Waals surface area contributed by atoms with Crippen LogP contribution in [0.1, 0.15) is 134 Å². The molecule has 12 aromatic rings. The quantitative estimate of drug-likeness (QED) is 0.121. The van der Waals surface area contributed by atoms with Crippen molar-refractivity contribution in [3.05, 3.63) is 316 Å². The average Bonchev–Trinajstić information content (AvgIpc) is 1.51. The molecule has 2 aliphatic heterocycles. The molecule has 0 atom stereocenters. The molecule has 2 aliphatic rings. The molecular formula is C94H102B4N2. The molecule has 500 valence electrons. The average molecular weight is 1300 g/mol.